The van der Waals surface area contributed by atoms with Crippen LogP contribution in [0.15, 0.2) is 61.2 Å². The molecular weight excluding hydrogens is 411 g/mol. The number of halogens is 5. The van der Waals surface area contributed by atoms with Crippen molar-refractivity contribution in [1.29, 1.82) is 0 Å². The molecule has 162 valence electrons. The molecule has 0 aliphatic heterocycles. The van der Waals surface area contributed by atoms with E-state index >= 15 is 4.39 Å². The Bertz CT molecular complexity index is 1110. The molecule has 3 aromatic carbocycles. The van der Waals surface area contributed by atoms with Crippen LogP contribution in [0.2, 0.25) is 0 Å². The topological polar surface area (TPSA) is 9.23 Å². The smallest absolute Gasteiger partial charge is 0.403 e. The van der Waals surface area contributed by atoms with Gasteiger partial charge in [0.2, 0.25) is 0 Å². The second kappa shape index (κ2) is 8.33. The van der Waals surface area contributed by atoms with Crippen LogP contribution in [-0.2, 0) is 0 Å². The highest BCUT2D eigenvalue weighted by molar-refractivity contribution is 5.89. The lowest BCUT2D eigenvalue weighted by Gasteiger charge is -2.27. The molecule has 0 unspecified atom stereocenters. The molecule has 0 atom stereocenters. The maximum absolute atomic E-state index is 15.2. The van der Waals surface area contributed by atoms with Crippen molar-refractivity contribution in [1.82, 2.24) is 0 Å². The summed E-state index contributed by atoms with van der Waals surface area (Å²) in [6, 6.07) is 11.8. The summed E-state index contributed by atoms with van der Waals surface area (Å²) < 4.78 is 69.9. The van der Waals surface area contributed by atoms with Gasteiger partial charge in [0.25, 0.3) is 0 Å². The molecule has 0 saturated heterocycles. The minimum absolute atomic E-state index is 0.115. The number of hydrogen-bond donors (Lipinski definition) is 0. The van der Waals surface area contributed by atoms with E-state index in [-0.39, 0.29) is 11.1 Å². The third-order valence-electron chi connectivity index (χ3n) is 6.02. The molecule has 3 aromatic rings. The summed E-state index contributed by atoms with van der Waals surface area (Å²) >= 11 is 0. The molecule has 31 heavy (non-hydrogen) atoms. The molecule has 1 aliphatic rings. The van der Waals surface area contributed by atoms with Crippen LogP contribution in [-0.4, -0.2) is 6.36 Å². The van der Waals surface area contributed by atoms with Crippen LogP contribution in [0.4, 0.5) is 22.0 Å². The second-order valence-electron chi connectivity index (χ2n) is 7.95. The predicted octanol–water partition coefficient (Wildman–Crippen LogP) is 8.14. The van der Waals surface area contributed by atoms with Crippen molar-refractivity contribution in [2.24, 2.45) is 5.92 Å². The second-order valence-corrected chi connectivity index (χ2v) is 7.95. The van der Waals surface area contributed by atoms with Crippen LogP contribution in [0.1, 0.15) is 37.2 Å². The fourth-order valence-corrected chi connectivity index (χ4v) is 4.35. The van der Waals surface area contributed by atoms with E-state index in [0.717, 1.165) is 43.2 Å². The minimum Gasteiger partial charge on any atom is -0.403 e. The molecule has 0 radical (unpaired) electrons. The van der Waals surface area contributed by atoms with Gasteiger partial charge < -0.3 is 4.74 Å². The van der Waals surface area contributed by atoms with Crippen LogP contribution in [0.25, 0.3) is 21.9 Å². The first-order chi connectivity index (χ1) is 14.7. The Kier molecular flexibility index (Phi) is 5.73. The van der Waals surface area contributed by atoms with Gasteiger partial charge in [0.05, 0.1) is 0 Å². The van der Waals surface area contributed by atoms with Crippen molar-refractivity contribution in [2.75, 3.05) is 0 Å². The van der Waals surface area contributed by atoms with Crippen molar-refractivity contribution in [2.45, 2.75) is 38.0 Å². The lowest BCUT2D eigenvalue weighted by molar-refractivity contribution is -0.275. The summed E-state index contributed by atoms with van der Waals surface area (Å²) in [6.45, 7) is 3.87. The van der Waals surface area contributed by atoms with Crippen LogP contribution in [0.5, 0.6) is 5.75 Å². The van der Waals surface area contributed by atoms with Gasteiger partial charge in [0, 0.05) is 10.9 Å². The van der Waals surface area contributed by atoms with E-state index in [4.69, 9.17) is 0 Å². The summed E-state index contributed by atoms with van der Waals surface area (Å²) in [5.41, 5.74) is 1.42. The van der Waals surface area contributed by atoms with Crippen molar-refractivity contribution >= 4 is 10.8 Å². The zero-order valence-corrected chi connectivity index (χ0v) is 16.7. The SMILES string of the molecule is C=C[C@H]1CC[C@H](c2ccc3c(F)c(-c4ccc(OC(F)(F)F)c(F)c4)ccc3c2)CC1. The molecule has 4 rings (SSSR count). The molecule has 0 N–H and O–H groups in total. The Morgan fingerprint density at radius 3 is 2.29 bits per heavy atom. The highest BCUT2D eigenvalue weighted by Gasteiger charge is 2.32. The average Bonchev–Trinajstić information content (AvgIpc) is 2.74. The maximum atomic E-state index is 15.2. The number of rotatable bonds is 4. The quantitative estimate of drug-likeness (QED) is 0.299. The van der Waals surface area contributed by atoms with Gasteiger partial charge in [0.15, 0.2) is 11.6 Å². The number of allylic oxidation sites excluding steroid dienone is 1. The first kappa shape index (κ1) is 21.3. The zero-order valence-electron chi connectivity index (χ0n) is 16.7. The van der Waals surface area contributed by atoms with Crippen LogP contribution >= 0.6 is 0 Å². The van der Waals surface area contributed by atoms with Gasteiger partial charge in [0.1, 0.15) is 5.82 Å². The van der Waals surface area contributed by atoms with Gasteiger partial charge in [-0.05, 0) is 66.2 Å². The maximum Gasteiger partial charge on any atom is 0.573 e. The van der Waals surface area contributed by atoms with Crippen LogP contribution in [0, 0.1) is 17.6 Å². The molecule has 0 amide bonds. The Morgan fingerprint density at radius 2 is 1.65 bits per heavy atom. The number of ether oxygens (including phenoxy) is 1. The Balaban J connectivity index is 1.63. The summed E-state index contributed by atoms with van der Waals surface area (Å²) in [4.78, 5) is 0. The molecule has 0 spiro atoms. The fourth-order valence-electron chi connectivity index (χ4n) is 4.35. The number of hydrogen-bond acceptors (Lipinski definition) is 1. The average molecular weight is 432 g/mol. The first-order valence-electron chi connectivity index (χ1n) is 10.2. The lowest BCUT2D eigenvalue weighted by Crippen LogP contribution is -2.17. The van der Waals surface area contributed by atoms with Gasteiger partial charge in [-0.3, -0.25) is 0 Å². The number of alkyl halides is 3. The molecule has 0 heterocycles. The molecule has 1 aliphatic carbocycles. The van der Waals surface area contributed by atoms with Crippen LogP contribution in [0.3, 0.4) is 0 Å². The summed E-state index contributed by atoms with van der Waals surface area (Å²) in [6.07, 6.45) is 1.33. The van der Waals surface area contributed by atoms with E-state index in [1.54, 1.807) is 12.1 Å². The van der Waals surface area contributed by atoms with E-state index in [1.807, 2.05) is 18.2 Å². The van der Waals surface area contributed by atoms with Crippen molar-refractivity contribution < 1.29 is 26.7 Å². The lowest BCUT2D eigenvalue weighted by atomic mass is 9.78. The normalized spacial score (nSPS) is 19.4. The monoisotopic (exact) mass is 432 g/mol. The molecule has 1 saturated carbocycles. The van der Waals surface area contributed by atoms with Crippen molar-refractivity contribution in [3.8, 4) is 16.9 Å². The first-order valence-corrected chi connectivity index (χ1v) is 10.2. The number of benzene rings is 3. The Morgan fingerprint density at radius 1 is 0.903 bits per heavy atom. The highest BCUT2D eigenvalue weighted by atomic mass is 19.4. The number of fused-ring (bicyclic) bond motifs is 1. The Labute approximate surface area is 177 Å². The van der Waals surface area contributed by atoms with Crippen molar-refractivity contribution in [3.05, 3.63) is 78.4 Å². The Hall–Kier alpha value is -2.89. The molecular formula is C25H21F5O. The molecule has 0 bridgehead atoms. The largest absolute Gasteiger partial charge is 0.573 e. The van der Waals surface area contributed by atoms with Gasteiger partial charge in [-0.25, -0.2) is 8.78 Å². The third-order valence-corrected chi connectivity index (χ3v) is 6.02. The van der Waals surface area contributed by atoms with E-state index in [2.05, 4.69) is 11.3 Å². The highest BCUT2D eigenvalue weighted by Crippen LogP contribution is 2.38. The van der Waals surface area contributed by atoms with Gasteiger partial charge in [-0.2, -0.15) is 0 Å². The van der Waals surface area contributed by atoms with Gasteiger partial charge >= 0.3 is 6.36 Å². The summed E-state index contributed by atoms with van der Waals surface area (Å²) in [5, 5.41) is 1.12. The van der Waals surface area contributed by atoms with E-state index in [1.165, 1.54) is 17.7 Å². The van der Waals surface area contributed by atoms with Crippen LogP contribution < -0.4 is 4.74 Å². The van der Waals surface area contributed by atoms with E-state index < -0.39 is 23.7 Å². The minimum atomic E-state index is -5.00. The van der Waals surface area contributed by atoms with E-state index in [0.29, 0.717) is 17.2 Å². The molecule has 6 heteroatoms. The van der Waals surface area contributed by atoms with Gasteiger partial charge in [-0.15, -0.1) is 19.8 Å². The summed E-state index contributed by atoms with van der Waals surface area (Å²) in [5.74, 6) is -1.71. The molecule has 1 nitrogen and oxygen atoms in total. The summed E-state index contributed by atoms with van der Waals surface area (Å²) in [7, 11) is 0. The van der Waals surface area contributed by atoms with Gasteiger partial charge in [-0.1, -0.05) is 42.5 Å². The van der Waals surface area contributed by atoms with Crippen molar-refractivity contribution in [3.63, 3.8) is 0 Å². The molecule has 1 fully saturated rings. The predicted molar refractivity (Wildman–Crippen MR) is 111 cm³/mol. The molecule has 0 aromatic heterocycles. The fraction of sp³-hybridized carbons (Fsp3) is 0.280. The van der Waals surface area contributed by atoms with E-state index in [9.17, 15) is 17.6 Å². The zero-order chi connectivity index (χ0) is 22.2. The standard InChI is InChI=1S/C25H21F5O/c1-2-15-3-5-16(6-4-15)17-7-10-20-18(13-17)8-11-21(24(20)27)19-9-12-23(22(26)14-19)31-25(28,29)30/h2,7-16H,1,3-6H2/t15-,16-. The third kappa shape index (κ3) is 4.58.